The first-order chi connectivity index (χ1) is 16.5. The number of amides is 2. The lowest BCUT2D eigenvalue weighted by Crippen LogP contribution is -2.56. The van der Waals surface area contributed by atoms with Crippen LogP contribution in [0.25, 0.3) is 11.2 Å². The fraction of sp³-hybridized carbons (Fsp3) is 0.455. The van der Waals surface area contributed by atoms with E-state index in [4.69, 9.17) is 4.74 Å². The molecule has 188 valence electrons. The van der Waals surface area contributed by atoms with Crippen LogP contribution in [0.3, 0.4) is 0 Å². The zero-order valence-electron chi connectivity index (χ0n) is 19.7. The van der Waals surface area contributed by atoms with Gasteiger partial charge in [0, 0.05) is 46.2 Å². The molecule has 1 aliphatic heterocycles. The van der Waals surface area contributed by atoms with Gasteiger partial charge >= 0.3 is 12.2 Å². The molecule has 0 saturated carbocycles. The van der Waals surface area contributed by atoms with Crippen molar-refractivity contribution in [3.8, 4) is 0 Å². The number of aryl methyl sites for hydroxylation is 2. The van der Waals surface area contributed by atoms with Crippen molar-refractivity contribution in [3.63, 3.8) is 0 Å². The number of urea groups is 1. The highest BCUT2D eigenvalue weighted by Gasteiger charge is 2.36. The monoisotopic (exact) mass is 493 g/mol. The molecule has 1 fully saturated rings. The highest BCUT2D eigenvalue weighted by molar-refractivity contribution is 5.89. The maximum absolute atomic E-state index is 13.2. The zero-order chi connectivity index (χ0) is 25.5. The lowest BCUT2D eigenvalue weighted by Gasteiger charge is -2.42. The Bertz CT molecular complexity index is 1300. The van der Waals surface area contributed by atoms with E-state index in [-0.39, 0.29) is 6.04 Å². The van der Waals surface area contributed by atoms with Gasteiger partial charge in [0.1, 0.15) is 17.0 Å². The van der Waals surface area contributed by atoms with Crippen LogP contribution in [0.1, 0.15) is 17.7 Å². The number of ether oxygens (including phenoxy) is 1. The van der Waals surface area contributed by atoms with E-state index in [1.807, 2.05) is 17.9 Å². The Hall–Kier alpha value is -3.61. The molecule has 0 unspecified atom stereocenters. The zero-order valence-corrected chi connectivity index (χ0v) is 19.7. The first-order valence-corrected chi connectivity index (χ1v) is 10.9. The Morgan fingerprint density at radius 2 is 2.09 bits per heavy atom. The van der Waals surface area contributed by atoms with Crippen molar-refractivity contribution in [2.24, 2.45) is 7.05 Å². The van der Waals surface area contributed by atoms with E-state index in [9.17, 15) is 22.8 Å². The number of likely N-dealkylation sites (N-methyl/N-ethyl adjacent to an activating group) is 1. The first-order valence-electron chi connectivity index (χ1n) is 10.9. The second-order valence-electron chi connectivity index (χ2n) is 8.59. The van der Waals surface area contributed by atoms with Crippen LogP contribution in [-0.2, 0) is 18.0 Å². The van der Waals surface area contributed by atoms with Crippen molar-refractivity contribution < 1.29 is 22.7 Å². The van der Waals surface area contributed by atoms with Crippen molar-refractivity contribution >= 4 is 28.7 Å². The summed E-state index contributed by atoms with van der Waals surface area (Å²) < 4.78 is 45.9. The van der Waals surface area contributed by atoms with Crippen LogP contribution in [0, 0.1) is 6.92 Å². The van der Waals surface area contributed by atoms with Crippen LogP contribution in [0.5, 0.6) is 0 Å². The summed E-state index contributed by atoms with van der Waals surface area (Å²) in [5.74, 6) is 0.677. The number of hydrogen-bond donors (Lipinski definition) is 2. The summed E-state index contributed by atoms with van der Waals surface area (Å²) in [4.78, 5) is 40.8. The average molecular weight is 493 g/mol. The maximum atomic E-state index is 13.2. The molecule has 0 aromatic carbocycles. The minimum atomic E-state index is -4.66. The summed E-state index contributed by atoms with van der Waals surface area (Å²) in [6.45, 7) is 2.90. The van der Waals surface area contributed by atoms with Gasteiger partial charge in [-0.2, -0.15) is 13.2 Å². The van der Waals surface area contributed by atoms with Gasteiger partial charge in [0.25, 0.3) is 5.56 Å². The number of fused-ring (bicyclic) bond motifs is 1. The number of anilines is 2. The molecular formula is C22H26F3N7O3. The second kappa shape index (κ2) is 9.21. The topological polar surface area (TPSA) is 108 Å². The molecule has 0 aliphatic carbocycles. The van der Waals surface area contributed by atoms with E-state index in [2.05, 4.69) is 20.3 Å². The number of carbonyl (C=O) groups excluding carboxylic acids is 1. The fourth-order valence-corrected chi connectivity index (χ4v) is 4.27. The quantitative estimate of drug-likeness (QED) is 0.579. The highest BCUT2D eigenvalue weighted by Crippen LogP contribution is 2.30. The molecule has 4 rings (SSSR count). The Balaban J connectivity index is 1.49. The van der Waals surface area contributed by atoms with Crippen LogP contribution in [0.15, 0.2) is 29.3 Å². The smallest absolute Gasteiger partial charge is 0.377 e. The SMILES string of the molecule is CO[C@H]1CN(c2cnc3[nH]c(C)cc3n2)CC[C@@H]1N(C)C(=O)Nc1cc(C(F)(F)F)cn(C)c1=O. The molecule has 2 amide bonds. The minimum Gasteiger partial charge on any atom is -0.377 e. The summed E-state index contributed by atoms with van der Waals surface area (Å²) >= 11 is 0. The van der Waals surface area contributed by atoms with E-state index in [0.717, 1.165) is 15.8 Å². The number of pyridine rings is 1. The first kappa shape index (κ1) is 24.5. The van der Waals surface area contributed by atoms with Crippen molar-refractivity contribution in [2.45, 2.75) is 31.7 Å². The lowest BCUT2D eigenvalue weighted by molar-refractivity contribution is -0.138. The number of hydrogen-bond acceptors (Lipinski definition) is 6. The summed E-state index contributed by atoms with van der Waals surface area (Å²) in [7, 11) is 4.25. The molecule has 3 aromatic rings. The van der Waals surface area contributed by atoms with Gasteiger partial charge in [-0.15, -0.1) is 0 Å². The van der Waals surface area contributed by atoms with E-state index in [0.29, 0.717) is 43.2 Å². The molecule has 35 heavy (non-hydrogen) atoms. The maximum Gasteiger partial charge on any atom is 0.417 e. The highest BCUT2D eigenvalue weighted by atomic mass is 19.4. The number of carbonyl (C=O) groups is 1. The third-order valence-corrected chi connectivity index (χ3v) is 6.18. The van der Waals surface area contributed by atoms with E-state index in [1.54, 1.807) is 6.20 Å². The van der Waals surface area contributed by atoms with Crippen LogP contribution in [-0.4, -0.2) is 69.8 Å². The molecule has 1 saturated heterocycles. The molecule has 4 heterocycles. The molecular weight excluding hydrogens is 467 g/mol. The van der Waals surface area contributed by atoms with Crippen molar-refractivity contribution in [1.82, 2.24) is 24.4 Å². The van der Waals surface area contributed by atoms with Crippen LogP contribution < -0.4 is 15.8 Å². The number of piperidine rings is 1. The standard InChI is InChI=1S/C22H26F3N7O3/c1-12-7-14-19(27-12)26-9-18(28-14)32-6-5-16(17(11-32)35-4)31(3)21(34)29-15-8-13(22(23,24)25)10-30(2)20(15)33/h7-10,16-17H,5-6,11H2,1-4H3,(H,26,27)(H,29,34)/t16-,17-/m0/s1. The molecule has 0 radical (unpaired) electrons. The fourth-order valence-electron chi connectivity index (χ4n) is 4.27. The Morgan fingerprint density at radius 3 is 2.77 bits per heavy atom. The summed E-state index contributed by atoms with van der Waals surface area (Å²) in [5, 5.41) is 2.33. The van der Waals surface area contributed by atoms with Crippen molar-refractivity contribution in [2.75, 3.05) is 37.5 Å². The number of halogens is 3. The molecule has 1 aliphatic rings. The van der Waals surface area contributed by atoms with Crippen molar-refractivity contribution in [1.29, 1.82) is 0 Å². The van der Waals surface area contributed by atoms with Gasteiger partial charge in [-0.1, -0.05) is 0 Å². The molecule has 2 N–H and O–H groups in total. The van der Waals surface area contributed by atoms with E-state index >= 15 is 0 Å². The van der Waals surface area contributed by atoms with Crippen LogP contribution in [0.2, 0.25) is 0 Å². The van der Waals surface area contributed by atoms with Gasteiger partial charge in [-0.3, -0.25) is 4.79 Å². The number of alkyl halides is 3. The summed E-state index contributed by atoms with van der Waals surface area (Å²) in [6.07, 6.45) is -2.20. The Labute approximate surface area is 198 Å². The number of rotatable bonds is 4. The van der Waals surface area contributed by atoms with Crippen molar-refractivity contribution in [3.05, 3.63) is 46.1 Å². The number of H-pyrrole nitrogens is 1. The van der Waals surface area contributed by atoms with E-state index < -0.39 is 35.1 Å². The van der Waals surface area contributed by atoms with Gasteiger partial charge in [-0.05, 0) is 25.5 Å². The van der Waals surface area contributed by atoms with Gasteiger partial charge in [0.2, 0.25) is 0 Å². The predicted octanol–water partition coefficient (Wildman–Crippen LogP) is 2.74. The van der Waals surface area contributed by atoms with Gasteiger partial charge in [-0.25, -0.2) is 14.8 Å². The Kier molecular flexibility index (Phi) is 6.45. The predicted molar refractivity (Wildman–Crippen MR) is 124 cm³/mol. The van der Waals surface area contributed by atoms with Gasteiger partial charge < -0.3 is 29.4 Å². The number of aromatic amines is 1. The molecule has 3 aromatic heterocycles. The summed E-state index contributed by atoms with van der Waals surface area (Å²) in [6, 6.07) is 1.47. The molecule has 0 spiro atoms. The molecule has 13 heteroatoms. The number of methoxy groups -OCH3 is 1. The normalized spacial score (nSPS) is 18.7. The molecule has 2 atom stereocenters. The largest absolute Gasteiger partial charge is 0.417 e. The molecule has 0 bridgehead atoms. The van der Waals surface area contributed by atoms with Gasteiger partial charge in [0.15, 0.2) is 5.65 Å². The van der Waals surface area contributed by atoms with Crippen LogP contribution in [0.4, 0.5) is 29.5 Å². The number of nitrogens with one attached hydrogen (secondary N) is 2. The van der Waals surface area contributed by atoms with Crippen LogP contribution >= 0.6 is 0 Å². The Morgan fingerprint density at radius 1 is 1.34 bits per heavy atom. The third-order valence-electron chi connectivity index (χ3n) is 6.18. The number of aromatic nitrogens is 4. The summed E-state index contributed by atoms with van der Waals surface area (Å²) in [5.41, 5.74) is 0.171. The second-order valence-corrected chi connectivity index (χ2v) is 8.59. The number of nitrogens with zero attached hydrogens (tertiary/aromatic N) is 5. The molecule has 10 nitrogen and oxygen atoms in total. The van der Waals surface area contributed by atoms with E-state index in [1.165, 1.54) is 26.1 Å². The third kappa shape index (κ3) is 4.94. The van der Waals surface area contributed by atoms with Gasteiger partial charge in [0.05, 0.1) is 23.9 Å². The average Bonchev–Trinajstić information content (AvgIpc) is 3.19. The lowest BCUT2D eigenvalue weighted by atomic mass is 10.0. The minimum absolute atomic E-state index is 0.378.